The topological polar surface area (TPSA) is 56.1 Å². The van der Waals surface area contributed by atoms with Crippen molar-refractivity contribution in [3.63, 3.8) is 0 Å². The van der Waals surface area contributed by atoms with E-state index in [2.05, 4.69) is 210 Å². The lowest BCUT2D eigenvalue weighted by atomic mass is 9.64. The van der Waals surface area contributed by atoms with Gasteiger partial charge in [-0.3, -0.25) is 4.90 Å². The molecule has 0 saturated carbocycles. The number of fused-ring (bicyclic) bond motifs is 9. The van der Waals surface area contributed by atoms with E-state index in [1.165, 1.54) is 33.4 Å². The third-order valence-corrected chi connectivity index (χ3v) is 12.7. The SMILES string of the molecule is N#Cc1ccc2c(c1)C1(c3cc(-c4cccc(C(N)C5C(c6ccccc6)[N@]5Cc5ccccc5)c4)ccc3-2)c2ccccc2N(c2ccccc2)c2ccccc21. The van der Waals surface area contributed by atoms with Crippen LogP contribution in [0.25, 0.3) is 22.3 Å². The number of benzene rings is 8. The van der Waals surface area contributed by atoms with Crippen LogP contribution in [-0.2, 0) is 12.0 Å². The minimum absolute atomic E-state index is 0.174. The summed E-state index contributed by atoms with van der Waals surface area (Å²) in [4.78, 5) is 4.92. The van der Waals surface area contributed by atoms with E-state index in [0.29, 0.717) is 5.56 Å². The Balaban J connectivity index is 1.05. The van der Waals surface area contributed by atoms with Gasteiger partial charge in [-0.2, -0.15) is 5.26 Å². The average molecular weight is 745 g/mol. The number of rotatable bonds is 7. The van der Waals surface area contributed by atoms with E-state index in [1.807, 2.05) is 6.07 Å². The van der Waals surface area contributed by atoms with Crippen molar-refractivity contribution in [1.82, 2.24) is 4.90 Å². The number of nitriles is 1. The Kier molecular flexibility index (Phi) is 8.01. The van der Waals surface area contributed by atoms with Gasteiger partial charge < -0.3 is 10.6 Å². The van der Waals surface area contributed by atoms with Gasteiger partial charge in [0.05, 0.1) is 34.5 Å². The first-order chi connectivity index (χ1) is 28.6. The Labute approximate surface area is 339 Å². The first kappa shape index (κ1) is 34.2. The largest absolute Gasteiger partial charge is 0.323 e. The van der Waals surface area contributed by atoms with Gasteiger partial charge in [0.15, 0.2) is 0 Å². The summed E-state index contributed by atoms with van der Waals surface area (Å²) in [5.74, 6) is 0. The van der Waals surface area contributed by atoms with Crippen molar-refractivity contribution in [3.8, 4) is 28.3 Å². The summed E-state index contributed by atoms with van der Waals surface area (Å²) in [6.07, 6.45) is 0. The maximum atomic E-state index is 10.3. The fourth-order valence-corrected chi connectivity index (χ4v) is 10.1. The molecule has 2 N–H and O–H groups in total. The van der Waals surface area contributed by atoms with Crippen molar-refractivity contribution in [2.45, 2.75) is 30.1 Å². The molecule has 1 fully saturated rings. The second-order valence-electron chi connectivity index (χ2n) is 15.7. The van der Waals surface area contributed by atoms with Gasteiger partial charge in [0, 0.05) is 24.3 Å². The fourth-order valence-electron chi connectivity index (χ4n) is 10.1. The molecule has 4 heteroatoms. The lowest BCUT2D eigenvalue weighted by Crippen LogP contribution is -2.36. The van der Waals surface area contributed by atoms with Gasteiger partial charge in [-0.25, -0.2) is 0 Å². The molecule has 0 radical (unpaired) electrons. The highest BCUT2D eigenvalue weighted by Gasteiger charge is 2.53. The summed E-state index contributed by atoms with van der Waals surface area (Å²) in [5.41, 5.74) is 23.8. The minimum Gasteiger partial charge on any atom is -0.323 e. The van der Waals surface area contributed by atoms with Crippen molar-refractivity contribution in [1.29, 1.82) is 5.26 Å². The number of para-hydroxylation sites is 3. The maximum absolute atomic E-state index is 10.3. The Morgan fingerprint density at radius 2 is 1.14 bits per heavy atom. The molecule has 3 aliphatic rings. The summed E-state index contributed by atoms with van der Waals surface area (Å²) in [5, 5.41) is 10.3. The quantitative estimate of drug-likeness (QED) is 0.165. The maximum Gasteiger partial charge on any atom is 0.0991 e. The van der Waals surface area contributed by atoms with Crippen LogP contribution in [0.4, 0.5) is 17.1 Å². The zero-order valence-electron chi connectivity index (χ0n) is 31.9. The summed E-state index contributed by atoms with van der Waals surface area (Å²) >= 11 is 0. The Morgan fingerprint density at radius 1 is 0.552 bits per heavy atom. The molecule has 1 aliphatic carbocycles. The smallest absolute Gasteiger partial charge is 0.0991 e. The zero-order valence-corrected chi connectivity index (χ0v) is 31.9. The normalized spacial score (nSPS) is 18.3. The van der Waals surface area contributed by atoms with Gasteiger partial charge >= 0.3 is 0 Å². The first-order valence-electron chi connectivity index (χ1n) is 20.1. The number of hydrogen-bond donors (Lipinski definition) is 1. The predicted octanol–water partition coefficient (Wildman–Crippen LogP) is 12.0. The van der Waals surface area contributed by atoms with Crippen LogP contribution in [-0.4, -0.2) is 10.9 Å². The number of nitrogens with two attached hydrogens (primary N) is 1. The van der Waals surface area contributed by atoms with Gasteiger partial charge in [0.1, 0.15) is 0 Å². The Hall–Kier alpha value is -7.03. The van der Waals surface area contributed by atoms with E-state index in [4.69, 9.17) is 5.73 Å². The highest BCUT2D eigenvalue weighted by Crippen LogP contribution is 2.64. The van der Waals surface area contributed by atoms with E-state index < -0.39 is 5.41 Å². The molecular formula is C54H40N4. The van der Waals surface area contributed by atoms with Crippen LogP contribution >= 0.6 is 0 Å². The molecule has 3 unspecified atom stereocenters. The van der Waals surface area contributed by atoms with Crippen LogP contribution in [0.3, 0.4) is 0 Å². The molecule has 4 nitrogen and oxygen atoms in total. The van der Waals surface area contributed by atoms with Crippen LogP contribution < -0.4 is 10.6 Å². The Bertz CT molecular complexity index is 2830. The molecule has 8 aromatic rings. The van der Waals surface area contributed by atoms with Gasteiger partial charge in [-0.1, -0.05) is 152 Å². The zero-order chi connectivity index (χ0) is 38.8. The third-order valence-electron chi connectivity index (χ3n) is 12.7. The average Bonchev–Trinajstić information content (AvgIpc) is 3.93. The fraction of sp³-hybridized carbons (Fsp3) is 0.0926. The van der Waals surface area contributed by atoms with Crippen LogP contribution in [0.2, 0.25) is 0 Å². The van der Waals surface area contributed by atoms with Gasteiger partial charge in [0.25, 0.3) is 0 Å². The molecule has 4 atom stereocenters. The van der Waals surface area contributed by atoms with Crippen LogP contribution in [0.1, 0.15) is 56.6 Å². The molecule has 8 aromatic carbocycles. The van der Waals surface area contributed by atoms with Crippen molar-refractivity contribution in [2.24, 2.45) is 5.73 Å². The molecule has 58 heavy (non-hydrogen) atoms. The number of nitrogens with zero attached hydrogens (tertiary/aromatic N) is 3. The van der Waals surface area contributed by atoms with Gasteiger partial charge in [-0.05, 0) is 110 Å². The molecular weight excluding hydrogens is 705 g/mol. The lowest BCUT2D eigenvalue weighted by Gasteiger charge is -2.45. The summed E-state index contributed by atoms with van der Waals surface area (Å²) in [6, 6.07) is 74.5. The molecule has 276 valence electrons. The second-order valence-corrected chi connectivity index (χ2v) is 15.7. The van der Waals surface area contributed by atoms with Crippen LogP contribution in [0, 0.1) is 11.3 Å². The highest BCUT2D eigenvalue weighted by atomic mass is 15.4. The molecule has 2 heterocycles. The summed E-state index contributed by atoms with van der Waals surface area (Å²) in [6.45, 7) is 0.851. The number of hydrogen-bond acceptors (Lipinski definition) is 4. The van der Waals surface area contributed by atoms with Crippen molar-refractivity contribution in [2.75, 3.05) is 4.90 Å². The van der Waals surface area contributed by atoms with E-state index >= 15 is 0 Å². The molecule has 1 saturated heterocycles. The van der Waals surface area contributed by atoms with Crippen LogP contribution in [0.15, 0.2) is 200 Å². The summed E-state index contributed by atoms with van der Waals surface area (Å²) < 4.78 is 0. The first-order valence-corrected chi connectivity index (χ1v) is 20.1. The summed E-state index contributed by atoms with van der Waals surface area (Å²) in [7, 11) is 0. The lowest BCUT2D eigenvalue weighted by molar-refractivity contribution is 0.450. The molecule has 11 rings (SSSR count). The van der Waals surface area contributed by atoms with Crippen molar-refractivity contribution in [3.05, 3.63) is 245 Å². The van der Waals surface area contributed by atoms with Gasteiger partial charge in [-0.15, -0.1) is 0 Å². The van der Waals surface area contributed by atoms with Crippen LogP contribution in [0.5, 0.6) is 0 Å². The van der Waals surface area contributed by atoms with Gasteiger partial charge in [0.2, 0.25) is 0 Å². The monoisotopic (exact) mass is 744 g/mol. The number of anilines is 3. The molecule has 0 aromatic heterocycles. The molecule has 1 spiro atoms. The molecule has 2 aliphatic heterocycles. The molecule has 0 bridgehead atoms. The van der Waals surface area contributed by atoms with E-state index in [-0.39, 0.29) is 18.1 Å². The van der Waals surface area contributed by atoms with Crippen molar-refractivity contribution >= 4 is 17.1 Å². The predicted molar refractivity (Wildman–Crippen MR) is 234 cm³/mol. The Morgan fingerprint density at radius 3 is 1.83 bits per heavy atom. The van der Waals surface area contributed by atoms with Crippen molar-refractivity contribution < 1.29 is 0 Å². The third kappa shape index (κ3) is 5.22. The highest BCUT2D eigenvalue weighted by molar-refractivity contribution is 5.96. The second kappa shape index (κ2) is 13.6. The standard InChI is InChI=1S/C54H40N4/c55-34-37-27-29-43-44-30-28-40(39-19-14-20-41(32-39)51(56)53-52(38-17-6-2-7-18-38)57(53)35-36-15-4-1-5-16-36)33-48(44)54(47(43)31-37)45-23-10-12-25-49(45)58(42-21-8-3-9-22-42)50-26-13-11-24-46(50)54/h1-33,51-53H,35,56H2/t51?,52?,53?,57-/m0/s1. The van der Waals surface area contributed by atoms with E-state index in [9.17, 15) is 5.26 Å². The van der Waals surface area contributed by atoms with E-state index in [0.717, 1.165) is 51.4 Å². The van der Waals surface area contributed by atoms with E-state index in [1.54, 1.807) is 0 Å². The minimum atomic E-state index is -0.658. The molecule has 0 amide bonds.